The van der Waals surface area contributed by atoms with Crippen LogP contribution in [0.4, 0.5) is 0 Å². The Morgan fingerprint density at radius 1 is 1.53 bits per heavy atom. The lowest BCUT2D eigenvalue weighted by Gasteiger charge is -2.46. The predicted molar refractivity (Wildman–Crippen MR) is 67.3 cm³/mol. The van der Waals surface area contributed by atoms with Crippen molar-refractivity contribution in [3.63, 3.8) is 0 Å². The van der Waals surface area contributed by atoms with Crippen molar-refractivity contribution < 1.29 is 9.90 Å². The third-order valence-electron chi connectivity index (χ3n) is 3.77. The van der Waals surface area contributed by atoms with Crippen LogP contribution < -0.4 is 0 Å². The van der Waals surface area contributed by atoms with Crippen molar-refractivity contribution in [1.82, 2.24) is 4.90 Å². The number of aryl methyl sites for hydroxylation is 1. The van der Waals surface area contributed by atoms with E-state index in [-0.39, 0.29) is 5.91 Å². The molecular weight excluding hydrogens is 234 g/mol. The second-order valence-corrected chi connectivity index (χ2v) is 6.33. The van der Waals surface area contributed by atoms with Crippen LogP contribution in [-0.2, 0) is 6.42 Å². The number of nitrogens with zero attached hydrogens (tertiary/aromatic N) is 1. The fourth-order valence-electron chi connectivity index (χ4n) is 2.48. The first kappa shape index (κ1) is 11.2. The molecule has 3 rings (SSSR count). The van der Waals surface area contributed by atoms with Crippen molar-refractivity contribution in [1.29, 1.82) is 0 Å². The van der Waals surface area contributed by atoms with Gasteiger partial charge in [-0.1, -0.05) is 6.92 Å². The van der Waals surface area contributed by atoms with Crippen LogP contribution in [0, 0.1) is 5.92 Å². The molecule has 1 saturated heterocycles. The van der Waals surface area contributed by atoms with Crippen molar-refractivity contribution in [3.05, 3.63) is 21.9 Å². The summed E-state index contributed by atoms with van der Waals surface area (Å²) in [6.07, 6.45) is 3.22. The van der Waals surface area contributed by atoms with Crippen molar-refractivity contribution in [2.24, 2.45) is 5.92 Å². The second-order valence-electron chi connectivity index (χ2n) is 5.16. The Labute approximate surface area is 105 Å². The van der Waals surface area contributed by atoms with Gasteiger partial charge in [-0.05, 0) is 37.3 Å². The zero-order chi connectivity index (χ0) is 12.0. The average molecular weight is 251 g/mol. The van der Waals surface area contributed by atoms with Gasteiger partial charge in [-0.2, -0.15) is 0 Å². The lowest BCUT2D eigenvalue weighted by atomic mass is 9.88. The summed E-state index contributed by atoms with van der Waals surface area (Å²) in [5.74, 6) is 0.529. The molecule has 2 fully saturated rings. The highest BCUT2D eigenvalue weighted by molar-refractivity contribution is 7.14. The molecule has 3 nitrogen and oxygen atoms in total. The molecule has 2 aliphatic rings. The zero-order valence-electron chi connectivity index (χ0n) is 9.98. The minimum atomic E-state index is -0.569. The Kier molecular flexibility index (Phi) is 2.52. The molecule has 1 aromatic heterocycles. The van der Waals surface area contributed by atoms with Crippen molar-refractivity contribution in [2.75, 3.05) is 13.1 Å². The largest absolute Gasteiger partial charge is 0.386 e. The molecule has 0 bridgehead atoms. The molecule has 1 aliphatic carbocycles. The van der Waals surface area contributed by atoms with Gasteiger partial charge in [-0.15, -0.1) is 11.3 Å². The molecule has 0 spiro atoms. The molecule has 1 aromatic rings. The maximum Gasteiger partial charge on any atom is 0.264 e. The molecular formula is C13H17NO2S. The fourth-order valence-corrected chi connectivity index (χ4v) is 3.39. The van der Waals surface area contributed by atoms with E-state index in [0.717, 1.165) is 24.1 Å². The SMILES string of the molecule is CCc1ccc(C(=O)N2CC(O)(C3CC3)C2)s1. The zero-order valence-corrected chi connectivity index (χ0v) is 10.8. The predicted octanol–water partition coefficient (Wildman–Crippen LogP) is 1.91. The summed E-state index contributed by atoms with van der Waals surface area (Å²) < 4.78 is 0. The third kappa shape index (κ3) is 1.89. The lowest BCUT2D eigenvalue weighted by molar-refractivity contribution is -0.0956. The molecule has 0 aromatic carbocycles. The number of amides is 1. The molecule has 0 radical (unpaired) electrons. The second kappa shape index (κ2) is 3.82. The van der Waals surface area contributed by atoms with Gasteiger partial charge < -0.3 is 10.0 Å². The number of carbonyl (C=O) groups is 1. The Morgan fingerprint density at radius 3 is 2.76 bits per heavy atom. The maximum atomic E-state index is 12.1. The number of hydrogen-bond acceptors (Lipinski definition) is 3. The van der Waals surface area contributed by atoms with Crippen LogP contribution in [0.5, 0.6) is 0 Å². The van der Waals surface area contributed by atoms with Crippen LogP contribution in [0.1, 0.15) is 34.3 Å². The summed E-state index contributed by atoms with van der Waals surface area (Å²) >= 11 is 1.57. The molecule has 17 heavy (non-hydrogen) atoms. The number of aliphatic hydroxyl groups is 1. The monoisotopic (exact) mass is 251 g/mol. The molecule has 2 heterocycles. The van der Waals surface area contributed by atoms with E-state index in [1.54, 1.807) is 16.2 Å². The highest BCUT2D eigenvalue weighted by atomic mass is 32.1. The lowest BCUT2D eigenvalue weighted by Crippen LogP contribution is -2.64. The molecule has 0 atom stereocenters. The maximum absolute atomic E-state index is 12.1. The molecule has 1 aliphatic heterocycles. The summed E-state index contributed by atoms with van der Waals surface area (Å²) in [6.45, 7) is 3.14. The van der Waals surface area contributed by atoms with Crippen LogP contribution in [-0.4, -0.2) is 34.6 Å². The molecule has 1 saturated carbocycles. The topological polar surface area (TPSA) is 40.5 Å². The van der Waals surface area contributed by atoms with Crippen molar-refractivity contribution >= 4 is 17.2 Å². The van der Waals surface area contributed by atoms with Crippen LogP contribution in [0.15, 0.2) is 12.1 Å². The van der Waals surface area contributed by atoms with Gasteiger partial charge in [0.2, 0.25) is 0 Å². The summed E-state index contributed by atoms with van der Waals surface area (Å²) in [5.41, 5.74) is -0.569. The Hall–Kier alpha value is -0.870. The first-order valence-corrected chi connectivity index (χ1v) is 7.04. The molecule has 1 N–H and O–H groups in total. The van der Waals surface area contributed by atoms with Crippen LogP contribution in [0.25, 0.3) is 0 Å². The van der Waals surface area contributed by atoms with Gasteiger partial charge >= 0.3 is 0 Å². The minimum absolute atomic E-state index is 0.0834. The number of β-amino-alcohol motifs (C(OH)–C–C–N with tert-alkyl or cyclic N) is 1. The Balaban J connectivity index is 1.64. The molecule has 1 amide bonds. The normalized spacial score (nSPS) is 22.4. The first-order chi connectivity index (χ1) is 8.12. The van der Waals surface area contributed by atoms with Gasteiger partial charge in [-0.25, -0.2) is 0 Å². The van der Waals surface area contributed by atoms with Gasteiger partial charge in [0.05, 0.1) is 18.0 Å². The quantitative estimate of drug-likeness (QED) is 0.891. The van der Waals surface area contributed by atoms with E-state index in [2.05, 4.69) is 6.92 Å². The number of hydrogen-bond donors (Lipinski definition) is 1. The van der Waals surface area contributed by atoms with Gasteiger partial charge in [0, 0.05) is 4.88 Å². The summed E-state index contributed by atoms with van der Waals surface area (Å²) in [6, 6.07) is 3.92. The van der Waals surface area contributed by atoms with Gasteiger partial charge in [0.15, 0.2) is 0 Å². The number of likely N-dealkylation sites (tertiary alicyclic amines) is 1. The highest BCUT2D eigenvalue weighted by Crippen LogP contribution is 2.44. The van der Waals surface area contributed by atoms with E-state index >= 15 is 0 Å². The Bertz CT molecular complexity index is 444. The fraction of sp³-hybridized carbons (Fsp3) is 0.615. The summed E-state index contributed by atoms with van der Waals surface area (Å²) in [7, 11) is 0. The van der Waals surface area contributed by atoms with Gasteiger partial charge in [-0.3, -0.25) is 4.79 Å². The van der Waals surface area contributed by atoms with E-state index in [4.69, 9.17) is 0 Å². The third-order valence-corrected chi connectivity index (χ3v) is 4.99. The van der Waals surface area contributed by atoms with Crippen LogP contribution in [0.3, 0.4) is 0 Å². The number of rotatable bonds is 3. The standard InChI is InChI=1S/C13H17NO2S/c1-2-10-5-6-11(17-10)12(15)14-7-13(16,8-14)9-3-4-9/h5-6,9,16H,2-4,7-8H2,1H3. The summed E-state index contributed by atoms with van der Waals surface area (Å²) in [4.78, 5) is 15.9. The van der Waals surface area contributed by atoms with Crippen LogP contribution in [0.2, 0.25) is 0 Å². The smallest absolute Gasteiger partial charge is 0.264 e. The molecule has 92 valence electrons. The van der Waals surface area contributed by atoms with E-state index in [1.165, 1.54) is 4.88 Å². The first-order valence-electron chi connectivity index (χ1n) is 6.23. The molecule has 4 heteroatoms. The molecule has 0 unspecified atom stereocenters. The van der Waals surface area contributed by atoms with E-state index in [9.17, 15) is 9.90 Å². The number of carbonyl (C=O) groups excluding carboxylic acids is 1. The van der Waals surface area contributed by atoms with Crippen molar-refractivity contribution in [3.8, 4) is 0 Å². The van der Waals surface area contributed by atoms with Crippen LogP contribution >= 0.6 is 11.3 Å². The average Bonchev–Trinajstić information content (AvgIpc) is 3.02. The van der Waals surface area contributed by atoms with Gasteiger partial charge in [0.1, 0.15) is 5.60 Å². The van der Waals surface area contributed by atoms with E-state index in [1.807, 2.05) is 12.1 Å². The summed E-state index contributed by atoms with van der Waals surface area (Å²) in [5, 5.41) is 10.2. The van der Waals surface area contributed by atoms with E-state index < -0.39 is 5.60 Å². The Morgan fingerprint density at radius 2 is 2.24 bits per heavy atom. The van der Waals surface area contributed by atoms with E-state index in [0.29, 0.717) is 19.0 Å². The van der Waals surface area contributed by atoms with Crippen molar-refractivity contribution in [2.45, 2.75) is 31.8 Å². The van der Waals surface area contributed by atoms with Gasteiger partial charge in [0.25, 0.3) is 5.91 Å². The minimum Gasteiger partial charge on any atom is -0.386 e. The highest BCUT2D eigenvalue weighted by Gasteiger charge is 2.53. The number of thiophene rings is 1.